The van der Waals surface area contributed by atoms with Crippen molar-refractivity contribution in [1.29, 1.82) is 5.26 Å². The van der Waals surface area contributed by atoms with Gasteiger partial charge < -0.3 is 9.84 Å². The number of nitriles is 1. The zero-order valence-electron chi connectivity index (χ0n) is 11.2. The smallest absolute Gasteiger partial charge is 0.352 e. The first-order valence-corrected chi connectivity index (χ1v) is 6.07. The van der Waals surface area contributed by atoms with Crippen molar-refractivity contribution in [2.75, 3.05) is 7.11 Å². The normalized spacial score (nSPS) is 9.90. The predicted molar refractivity (Wildman–Crippen MR) is 74.5 cm³/mol. The minimum absolute atomic E-state index is 0.0694. The van der Waals surface area contributed by atoms with E-state index >= 15 is 0 Å². The van der Waals surface area contributed by atoms with E-state index < -0.39 is 11.5 Å². The lowest BCUT2D eigenvalue weighted by Gasteiger charge is -2.10. The van der Waals surface area contributed by atoms with Gasteiger partial charge in [-0.25, -0.2) is 4.79 Å². The first kappa shape index (κ1) is 14.3. The molecule has 0 fully saturated rings. The number of benzene rings is 1. The number of rotatable bonds is 4. The molecule has 0 saturated heterocycles. The molecule has 1 aromatic heterocycles. The molecule has 0 amide bonds. The fourth-order valence-electron chi connectivity index (χ4n) is 1.99. The third kappa shape index (κ3) is 2.92. The quantitative estimate of drug-likeness (QED) is 0.917. The van der Waals surface area contributed by atoms with Gasteiger partial charge in [-0.05, 0) is 23.8 Å². The first-order valence-electron chi connectivity index (χ1n) is 6.07. The van der Waals surface area contributed by atoms with E-state index in [4.69, 9.17) is 15.1 Å². The summed E-state index contributed by atoms with van der Waals surface area (Å²) in [6, 6.07) is 10.9. The van der Waals surface area contributed by atoms with Gasteiger partial charge in [-0.1, -0.05) is 12.1 Å². The lowest BCUT2D eigenvalue weighted by atomic mass is 10.1. The molecule has 0 bridgehead atoms. The summed E-state index contributed by atoms with van der Waals surface area (Å²) >= 11 is 0. The molecule has 0 atom stereocenters. The molecule has 1 N–H and O–H groups in total. The molecule has 0 aliphatic rings. The molecule has 6 heteroatoms. The maximum absolute atomic E-state index is 11.8. The topological polar surface area (TPSA) is 92.3 Å². The molecule has 2 aromatic rings. The highest BCUT2D eigenvalue weighted by molar-refractivity contribution is 5.85. The van der Waals surface area contributed by atoms with Crippen molar-refractivity contribution in [3.05, 3.63) is 63.6 Å². The Hall–Kier alpha value is -3.07. The van der Waals surface area contributed by atoms with Gasteiger partial charge in [0.2, 0.25) is 0 Å². The zero-order chi connectivity index (χ0) is 15.4. The van der Waals surface area contributed by atoms with Gasteiger partial charge in [0.05, 0.1) is 19.2 Å². The molecular formula is C15H12N2O4. The predicted octanol–water partition coefficient (Wildman–Crippen LogP) is 1.48. The number of pyridine rings is 1. The van der Waals surface area contributed by atoms with Gasteiger partial charge in [-0.2, -0.15) is 5.26 Å². The number of carbonyl (C=O) groups is 1. The van der Waals surface area contributed by atoms with Crippen LogP contribution in [0.1, 0.15) is 21.6 Å². The van der Waals surface area contributed by atoms with Gasteiger partial charge in [0, 0.05) is 6.07 Å². The van der Waals surface area contributed by atoms with Gasteiger partial charge in [0.25, 0.3) is 5.56 Å². The first-order chi connectivity index (χ1) is 10.1. The number of nitrogens with zero attached hydrogens (tertiary/aromatic N) is 2. The molecule has 106 valence electrons. The van der Waals surface area contributed by atoms with Crippen LogP contribution in [0.2, 0.25) is 0 Å². The molecule has 0 spiro atoms. The number of carboxylic acid groups (broad SMARTS) is 1. The van der Waals surface area contributed by atoms with Crippen molar-refractivity contribution in [3.8, 4) is 11.8 Å². The summed E-state index contributed by atoms with van der Waals surface area (Å²) in [7, 11) is 1.46. The molecular weight excluding hydrogens is 272 g/mol. The summed E-state index contributed by atoms with van der Waals surface area (Å²) in [5, 5.41) is 18.2. The minimum Gasteiger partial charge on any atom is -0.495 e. The number of aromatic carboxylic acids is 1. The highest BCUT2D eigenvalue weighted by atomic mass is 16.5. The average molecular weight is 284 g/mol. The molecule has 0 aliphatic heterocycles. The van der Waals surface area contributed by atoms with Crippen LogP contribution in [-0.2, 0) is 6.54 Å². The summed E-state index contributed by atoms with van der Waals surface area (Å²) < 4.78 is 6.19. The van der Waals surface area contributed by atoms with Crippen LogP contribution in [0.3, 0.4) is 0 Å². The average Bonchev–Trinajstić information content (AvgIpc) is 2.48. The van der Waals surface area contributed by atoms with Crippen LogP contribution in [0.15, 0.2) is 41.2 Å². The van der Waals surface area contributed by atoms with Gasteiger partial charge in [0.15, 0.2) is 0 Å². The van der Waals surface area contributed by atoms with Gasteiger partial charge in [-0.15, -0.1) is 0 Å². The molecule has 0 unspecified atom stereocenters. The van der Waals surface area contributed by atoms with E-state index in [-0.39, 0.29) is 12.2 Å². The van der Waals surface area contributed by atoms with E-state index in [1.54, 1.807) is 18.2 Å². The Bertz CT molecular complexity index is 787. The van der Waals surface area contributed by atoms with E-state index in [2.05, 4.69) is 0 Å². The Morgan fingerprint density at radius 3 is 2.76 bits per heavy atom. The van der Waals surface area contributed by atoms with Crippen LogP contribution in [0, 0.1) is 11.3 Å². The second kappa shape index (κ2) is 5.92. The largest absolute Gasteiger partial charge is 0.495 e. The van der Waals surface area contributed by atoms with Gasteiger partial charge >= 0.3 is 5.97 Å². The second-order valence-electron chi connectivity index (χ2n) is 4.29. The van der Waals surface area contributed by atoms with Crippen LogP contribution in [-0.4, -0.2) is 22.8 Å². The Morgan fingerprint density at radius 1 is 1.38 bits per heavy atom. The highest BCUT2D eigenvalue weighted by Gasteiger charge is 2.12. The summed E-state index contributed by atoms with van der Waals surface area (Å²) in [5.41, 5.74) is 0.458. The van der Waals surface area contributed by atoms with Crippen LogP contribution in [0.4, 0.5) is 0 Å². The van der Waals surface area contributed by atoms with Crippen molar-refractivity contribution in [2.24, 2.45) is 0 Å². The summed E-state index contributed by atoms with van der Waals surface area (Å²) in [6.07, 6.45) is 0. The van der Waals surface area contributed by atoms with E-state index in [9.17, 15) is 9.59 Å². The van der Waals surface area contributed by atoms with Crippen molar-refractivity contribution in [3.63, 3.8) is 0 Å². The monoisotopic (exact) mass is 284 g/mol. The summed E-state index contributed by atoms with van der Waals surface area (Å²) in [4.78, 5) is 23.0. The van der Waals surface area contributed by atoms with Crippen molar-refractivity contribution >= 4 is 5.97 Å². The molecule has 2 rings (SSSR count). The Balaban J connectivity index is 2.46. The fourth-order valence-corrected chi connectivity index (χ4v) is 1.99. The third-order valence-electron chi connectivity index (χ3n) is 2.99. The lowest BCUT2D eigenvalue weighted by molar-refractivity contribution is 0.0684. The molecule has 0 aliphatic carbocycles. The van der Waals surface area contributed by atoms with E-state index in [0.29, 0.717) is 16.9 Å². The zero-order valence-corrected chi connectivity index (χ0v) is 11.2. The highest BCUT2D eigenvalue weighted by Crippen LogP contribution is 2.19. The Morgan fingerprint density at radius 2 is 2.14 bits per heavy atom. The van der Waals surface area contributed by atoms with Crippen molar-refractivity contribution in [2.45, 2.75) is 6.54 Å². The van der Waals surface area contributed by atoms with E-state index in [1.165, 1.54) is 25.3 Å². The molecule has 0 saturated carbocycles. The van der Waals surface area contributed by atoms with Gasteiger partial charge in [-0.3, -0.25) is 9.36 Å². The molecule has 6 nitrogen and oxygen atoms in total. The lowest BCUT2D eigenvalue weighted by Crippen LogP contribution is -2.25. The Kier molecular flexibility index (Phi) is 4.05. The second-order valence-corrected chi connectivity index (χ2v) is 4.29. The molecule has 1 heterocycles. The minimum atomic E-state index is -1.18. The third-order valence-corrected chi connectivity index (χ3v) is 2.99. The van der Waals surface area contributed by atoms with Crippen LogP contribution >= 0.6 is 0 Å². The fraction of sp³-hybridized carbons (Fsp3) is 0.133. The standard InChI is InChI=1S/C15H12N2O4/c1-21-13-6-5-10(7-11(13)8-16)9-17-12(15(19)20)3-2-4-14(17)18/h2-7H,9H2,1H3,(H,19,20). The van der Waals surface area contributed by atoms with E-state index in [1.807, 2.05) is 6.07 Å². The maximum atomic E-state index is 11.8. The Labute approximate surface area is 120 Å². The van der Waals surface area contributed by atoms with Crippen LogP contribution < -0.4 is 10.3 Å². The molecule has 1 aromatic carbocycles. The SMILES string of the molecule is COc1ccc(Cn2c(C(=O)O)cccc2=O)cc1C#N. The summed E-state index contributed by atoms with van der Waals surface area (Å²) in [6.45, 7) is 0.0694. The van der Waals surface area contributed by atoms with Crippen LogP contribution in [0.5, 0.6) is 5.75 Å². The van der Waals surface area contributed by atoms with Crippen LogP contribution in [0.25, 0.3) is 0 Å². The molecule has 21 heavy (non-hydrogen) atoms. The summed E-state index contributed by atoms with van der Waals surface area (Å²) in [5.74, 6) is -0.748. The number of aromatic nitrogens is 1. The van der Waals surface area contributed by atoms with Gasteiger partial charge in [0.1, 0.15) is 17.5 Å². The number of carboxylic acids is 1. The van der Waals surface area contributed by atoms with Crippen molar-refractivity contribution < 1.29 is 14.6 Å². The number of hydrogen-bond acceptors (Lipinski definition) is 4. The van der Waals surface area contributed by atoms with E-state index in [0.717, 1.165) is 4.57 Å². The number of methoxy groups -OCH3 is 1. The molecule has 0 radical (unpaired) electrons. The number of hydrogen-bond donors (Lipinski definition) is 1. The maximum Gasteiger partial charge on any atom is 0.352 e. The number of ether oxygens (including phenoxy) is 1. The van der Waals surface area contributed by atoms with Crippen molar-refractivity contribution in [1.82, 2.24) is 4.57 Å².